The molecule has 0 aliphatic carbocycles. The van der Waals surface area contributed by atoms with Crippen LogP contribution in [0.5, 0.6) is 0 Å². The van der Waals surface area contributed by atoms with Crippen molar-refractivity contribution in [3.8, 4) is 5.69 Å². The Morgan fingerprint density at radius 2 is 1.68 bits per heavy atom. The van der Waals surface area contributed by atoms with Gasteiger partial charge >= 0.3 is 0 Å². The highest BCUT2D eigenvalue weighted by Gasteiger charge is 2.15. The van der Waals surface area contributed by atoms with Gasteiger partial charge in [-0.2, -0.15) is 0 Å². The van der Waals surface area contributed by atoms with Gasteiger partial charge in [-0.05, 0) is 62.4 Å². The molecule has 3 rings (SSSR count). The molecule has 0 bridgehead atoms. The zero-order valence-corrected chi connectivity index (χ0v) is 13.7. The Kier molecular flexibility index (Phi) is 4.38. The summed E-state index contributed by atoms with van der Waals surface area (Å²) in [5.41, 5.74) is 1.70. The molecule has 6 nitrogen and oxygen atoms in total. The number of aromatic nitrogens is 3. The molecule has 0 saturated carbocycles. The number of carbonyl (C=O) groups is 2. The van der Waals surface area contributed by atoms with E-state index < -0.39 is 5.91 Å². The van der Waals surface area contributed by atoms with Crippen LogP contribution < -0.4 is 5.32 Å². The van der Waals surface area contributed by atoms with Crippen LogP contribution in [-0.4, -0.2) is 26.5 Å². The lowest BCUT2D eigenvalue weighted by Crippen LogP contribution is -2.14. The molecule has 1 heterocycles. The van der Waals surface area contributed by atoms with Gasteiger partial charge in [0, 0.05) is 11.3 Å². The number of amides is 1. The van der Waals surface area contributed by atoms with E-state index in [1.165, 1.54) is 23.7 Å². The van der Waals surface area contributed by atoms with E-state index in [2.05, 4.69) is 15.4 Å². The summed E-state index contributed by atoms with van der Waals surface area (Å²) in [5, 5.41) is 6.85. The quantitative estimate of drug-likeness (QED) is 0.741. The zero-order valence-electron chi connectivity index (χ0n) is 13.7. The van der Waals surface area contributed by atoms with Gasteiger partial charge < -0.3 is 5.32 Å². The molecule has 0 spiro atoms. The van der Waals surface area contributed by atoms with E-state index in [0.717, 1.165) is 0 Å². The number of carbonyl (C=O) groups excluding carboxylic acids is 2. The highest BCUT2D eigenvalue weighted by Crippen LogP contribution is 2.13. The molecular weight excluding hydrogens is 323 g/mol. The molecule has 7 heteroatoms. The van der Waals surface area contributed by atoms with Crippen molar-refractivity contribution in [2.45, 2.75) is 13.8 Å². The summed E-state index contributed by atoms with van der Waals surface area (Å²) in [6.45, 7) is 3.18. The molecule has 0 aliphatic rings. The molecular formula is C18H15FN4O2. The highest BCUT2D eigenvalue weighted by molar-refractivity contribution is 6.02. The third-order valence-electron chi connectivity index (χ3n) is 3.59. The minimum absolute atomic E-state index is 0.00234. The summed E-state index contributed by atoms with van der Waals surface area (Å²) in [5.74, 6) is -0.373. The second-order valence-corrected chi connectivity index (χ2v) is 5.46. The average molecular weight is 338 g/mol. The standard InChI is InChI=1S/C18H15FN4O2/c1-11(24)13-3-7-15(8-4-13)21-18(25)17-20-12(2)23(22-17)16-9-5-14(19)6-10-16/h3-10H,1-2H3,(H,21,25). The Bertz CT molecular complexity index is 931. The first-order valence-electron chi connectivity index (χ1n) is 7.56. The number of hydrogen-bond donors (Lipinski definition) is 1. The number of aryl methyl sites for hydroxylation is 1. The first-order chi connectivity index (χ1) is 11.9. The first-order valence-corrected chi connectivity index (χ1v) is 7.56. The summed E-state index contributed by atoms with van der Waals surface area (Å²) in [4.78, 5) is 27.7. The van der Waals surface area contributed by atoms with Crippen LogP contribution in [0.25, 0.3) is 5.69 Å². The molecule has 25 heavy (non-hydrogen) atoms. The van der Waals surface area contributed by atoms with Crippen LogP contribution in [0.3, 0.4) is 0 Å². The molecule has 0 atom stereocenters. The van der Waals surface area contributed by atoms with Gasteiger partial charge in [0.05, 0.1) is 5.69 Å². The molecule has 0 saturated heterocycles. The van der Waals surface area contributed by atoms with Gasteiger partial charge in [0.1, 0.15) is 11.6 Å². The van der Waals surface area contributed by atoms with E-state index in [1.807, 2.05) is 0 Å². The van der Waals surface area contributed by atoms with Gasteiger partial charge in [-0.1, -0.05) is 0 Å². The third kappa shape index (κ3) is 3.60. The number of rotatable bonds is 4. The van der Waals surface area contributed by atoms with Gasteiger partial charge in [-0.3, -0.25) is 9.59 Å². The number of ketones is 1. The minimum Gasteiger partial charge on any atom is -0.319 e. The van der Waals surface area contributed by atoms with Gasteiger partial charge in [0.2, 0.25) is 5.82 Å². The fraction of sp³-hybridized carbons (Fsp3) is 0.111. The van der Waals surface area contributed by atoms with Crippen LogP contribution in [-0.2, 0) is 0 Å². The molecule has 3 aromatic rings. The van der Waals surface area contributed by atoms with E-state index in [0.29, 0.717) is 22.8 Å². The summed E-state index contributed by atoms with van der Waals surface area (Å²) >= 11 is 0. The molecule has 2 aromatic carbocycles. The normalized spacial score (nSPS) is 10.5. The summed E-state index contributed by atoms with van der Waals surface area (Å²) < 4.78 is 14.5. The smallest absolute Gasteiger partial charge is 0.295 e. The largest absolute Gasteiger partial charge is 0.319 e. The monoisotopic (exact) mass is 338 g/mol. The first kappa shape index (κ1) is 16.5. The van der Waals surface area contributed by atoms with Gasteiger partial charge in [-0.15, -0.1) is 5.10 Å². The van der Waals surface area contributed by atoms with Crippen molar-refractivity contribution in [1.29, 1.82) is 0 Å². The van der Waals surface area contributed by atoms with Gasteiger partial charge in [0.25, 0.3) is 5.91 Å². The van der Waals surface area contributed by atoms with Gasteiger partial charge in [0.15, 0.2) is 5.78 Å². The molecule has 0 aliphatic heterocycles. The van der Waals surface area contributed by atoms with E-state index in [4.69, 9.17) is 0 Å². The lowest BCUT2D eigenvalue weighted by atomic mass is 10.1. The summed E-state index contributed by atoms with van der Waals surface area (Å²) in [7, 11) is 0. The molecule has 126 valence electrons. The summed E-state index contributed by atoms with van der Waals surface area (Å²) in [6.07, 6.45) is 0. The minimum atomic E-state index is -0.473. The molecule has 1 N–H and O–H groups in total. The van der Waals surface area contributed by atoms with E-state index in [1.54, 1.807) is 43.3 Å². The van der Waals surface area contributed by atoms with Crippen molar-refractivity contribution >= 4 is 17.4 Å². The van der Waals surface area contributed by atoms with Crippen molar-refractivity contribution in [2.75, 3.05) is 5.32 Å². The van der Waals surface area contributed by atoms with Crippen LogP contribution >= 0.6 is 0 Å². The van der Waals surface area contributed by atoms with Crippen LogP contribution in [0.1, 0.15) is 33.7 Å². The summed E-state index contributed by atoms with van der Waals surface area (Å²) in [6, 6.07) is 12.3. The molecule has 0 fully saturated rings. The Morgan fingerprint density at radius 1 is 1.04 bits per heavy atom. The van der Waals surface area contributed by atoms with Crippen molar-refractivity contribution in [3.05, 3.63) is 71.6 Å². The highest BCUT2D eigenvalue weighted by atomic mass is 19.1. The maximum absolute atomic E-state index is 13.0. The number of nitrogens with one attached hydrogen (secondary N) is 1. The van der Waals surface area contributed by atoms with Crippen molar-refractivity contribution in [2.24, 2.45) is 0 Å². The van der Waals surface area contributed by atoms with Crippen LogP contribution in [0.4, 0.5) is 10.1 Å². The predicted octanol–water partition coefficient (Wildman–Crippen LogP) is 3.17. The number of hydrogen-bond acceptors (Lipinski definition) is 4. The van der Waals surface area contributed by atoms with Crippen molar-refractivity contribution in [1.82, 2.24) is 14.8 Å². The Morgan fingerprint density at radius 3 is 2.28 bits per heavy atom. The predicted molar refractivity (Wildman–Crippen MR) is 90.5 cm³/mol. The zero-order chi connectivity index (χ0) is 18.0. The third-order valence-corrected chi connectivity index (χ3v) is 3.59. The Hall–Kier alpha value is -3.35. The number of nitrogens with zero attached hydrogens (tertiary/aromatic N) is 3. The second-order valence-electron chi connectivity index (χ2n) is 5.46. The second kappa shape index (κ2) is 6.64. The maximum atomic E-state index is 13.0. The van der Waals surface area contributed by atoms with Crippen LogP contribution in [0, 0.1) is 12.7 Å². The SMILES string of the molecule is CC(=O)c1ccc(NC(=O)c2nc(C)n(-c3ccc(F)cc3)n2)cc1. The van der Waals surface area contributed by atoms with Crippen molar-refractivity contribution < 1.29 is 14.0 Å². The van der Waals surface area contributed by atoms with E-state index in [-0.39, 0.29) is 17.4 Å². The van der Waals surface area contributed by atoms with Crippen LogP contribution in [0.15, 0.2) is 48.5 Å². The van der Waals surface area contributed by atoms with E-state index in [9.17, 15) is 14.0 Å². The van der Waals surface area contributed by atoms with Crippen molar-refractivity contribution in [3.63, 3.8) is 0 Å². The lowest BCUT2D eigenvalue weighted by molar-refractivity contribution is 0.101. The average Bonchev–Trinajstić information content (AvgIpc) is 2.98. The number of Topliss-reactive ketones (excluding diaryl/α,β-unsaturated/α-hetero) is 1. The maximum Gasteiger partial charge on any atom is 0.295 e. The fourth-order valence-electron chi connectivity index (χ4n) is 2.29. The number of anilines is 1. The molecule has 1 aromatic heterocycles. The topological polar surface area (TPSA) is 76.9 Å². The van der Waals surface area contributed by atoms with E-state index >= 15 is 0 Å². The van der Waals surface area contributed by atoms with Crippen LogP contribution in [0.2, 0.25) is 0 Å². The molecule has 0 unspecified atom stereocenters. The molecule has 1 amide bonds. The van der Waals surface area contributed by atoms with Gasteiger partial charge in [-0.25, -0.2) is 14.1 Å². The number of benzene rings is 2. The Labute approximate surface area is 143 Å². The number of halogens is 1. The lowest BCUT2D eigenvalue weighted by Gasteiger charge is -2.03. The Balaban J connectivity index is 1.80. The molecule has 0 radical (unpaired) electrons. The fourth-order valence-corrected chi connectivity index (χ4v) is 2.29.